The lowest BCUT2D eigenvalue weighted by atomic mass is 10.1. The summed E-state index contributed by atoms with van der Waals surface area (Å²) in [5.74, 6) is 0.591. The minimum Gasteiger partial charge on any atom is -0.465 e. The molecule has 2 heteroatoms. The monoisotopic (exact) mass is 212 g/mol. The van der Waals surface area contributed by atoms with Crippen molar-refractivity contribution in [1.29, 1.82) is 0 Å². The third kappa shape index (κ3) is 1.43. The van der Waals surface area contributed by atoms with Crippen LogP contribution in [0.2, 0.25) is 0 Å². The van der Waals surface area contributed by atoms with Gasteiger partial charge < -0.3 is 9.15 Å². The summed E-state index contributed by atoms with van der Waals surface area (Å²) in [6.07, 6.45) is 0. The van der Waals surface area contributed by atoms with Gasteiger partial charge in [0.05, 0.1) is 6.61 Å². The fraction of sp³-hybridized carbons (Fsp3) is 0.143. The maximum absolute atomic E-state index is 5.59. The third-order valence-electron chi connectivity index (χ3n) is 2.65. The molecule has 3 rings (SSSR count). The Balaban J connectivity index is 2.25. The van der Waals surface area contributed by atoms with Crippen LogP contribution in [0.25, 0.3) is 21.7 Å². The van der Waals surface area contributed by atoms with Crippen LogP contribution in [0, 0.1) is 0 Å². The molecule has 3 aromatic rings. The number of hydrogen-bond donors (Lipinski definition) is 0. The number of hydrogen-bond acceptors (Lipinski definition) is 2. The number of furan rings is 1. The van der Waals surface area contributed by atoms with Crippen molar-refractivity contribution < 1.29 is 9.15 Å². The molecule has 0 aliphatic carbocycles. The molecule has 2 nitrogen and oxygen atoms in total. The summed E-state index contributed by atoms with van der Waals surface area (Å²) in [6.45, 7) is 2.57. The van der Waals surface area contributed by atoms with Gasteiger partial charge in [-0.1, -0.05) is 24.3 Å². The van der Waals surface area contributed by atoms with E-state index < -0.39 is 0 Å². The standard InChI is InChI=1S/C14H12O2/c1-2-15-14-9-12-7-10-5-3-4-6-11(10)8-13(12)16-14/h3-9H,2H2,1H3. The second-order valence-electron chi connectivity index (χ2n) is 3.74. The van der Waals surface area contributed by atoms with E-state index in [2.05, 4.69) is 18.2 Å². The Hall–Kier alpha value is -1.96. The third-order valence-corrected chi connectivity index (χ3v) is 2.65. The van der Waals surface area contributed by atoms with Crippen molar-refractivity contribution in [1.82, 2.24) is 0 Å². The van der Waals surface area contributed by atoms with Crippen LogP contribution in [0.3, 0.4) is 0 Å². The van der Waals surface area contributed by atoms with Crippen LogP contribution in [0.15, 0.2) is 46.9 Å². The molecule has 0 atom stereocenters. The molecule has 16 heavy (non-hydrogen) atoms. The largest absolute Gasteiger partial charge is 0.465 e. The van der Waals surface area contributed by atoms with Crippen LogP contribution in [-0.2, 0) is 0 Å². The molecule has 0 saturated carbocycles. The molecule has 0 radical (unpaired) electrons. The van der Waals surface area contributed by atoms with E-state index in [1.54, 1.807) is 0 Å². The molecule has 0 aliphatic rings. The molecule has 0 amide bonds. The Morgan fingerprint density at radius 1 is 1.00 bits per heavy atom. The average Bonchev–Trinajstić information content (AvgIpc) is 2.67. The van der Waals surface area contributed by atoms with Gasteiger partial charge in [0.2, 0.25) is 0 Å². The summed E-state index contributed by atoms with van der Waals surface area (Å²) >= 11 is 0. The van der Waals surface area contributed by atoms with Crippen LogP contribution in [-0.4, -0.2) is 6.61 Å². The summed E-state index contributed by atoms with van der Waals surface area (Å²) in [5, 5.41) is 3.49. The molecular formula is C14H12O2. The van der Waals surface area contributed by atoms with Crippen LogP contribution < -0.4 is 4.74 Å². The first-order valence-electron chi connectivity index (χ1n) is 5.42. The van der Waals surface area contributed by atoms with Crippen molar-refractivity contribution in [2.45, 2.75) is 6.92 Å². The van der Waals surface area contributed by atoms with Gasteiger partial charge in [0.25, 0.3) is 5.95 Å². The SMILES string of the molecule is CCOc1cc2cc3ccccc3cc2o1. The first-order chi connectivity index (χ1) is 7.86. The van der Waals surface area contributed by atoms with Gasteiger partial charge in [-0.15, -0.1) is 0 Å². The van der Waals surface area contributed by atoms with Crippen molar-refractivity contribution in [3.05, 3.63) is 42.5 Å². The van der Waals surface area contributed by atoms with Crippen molar-refractivity contribution in [2.75, 3.05) is 6.61 Å². The molecule has 0 aliphatic heterocycles. The Morgan fingerprint density at radius 2 is 1.75 bits per heavy atom. The maximum Gasteiger partial charge on any atom is 0.285 e. The van der Waals surface area contributed by atoms with Crippen LogP contribution in [0.4, 0.5) is 0 Å². The first kappa shape index (κ1) is 9.28. The highest BCUT2D eigenvalue weighted by Crippen LogP contribution is 2.29. The van der Waals surface area contributed by atoms with Gasteiger partial charge in [0.15, 0.2) is 0 Å². The predicted molar refractivity (Wildman–Crippen MR) is 64.9 cm³/mol. The summed E-state index contributed by atoms with van der Waals surface area (Å²) in [4.78, 5) is 0. The van der Waals surface area contributed by atoms with Crippen molar-refractivity contribution in [3.63, 3.8) is 0 Å². The molecule has 0 spiro atoms. The van der Waals surface area contributed by atoms with Crippen molar-refractivity contribution in [3.8, 4) is 5.95 Å². The van der Waals surface area contributed by atoms with Gasteiger partial charge in [0.1, 0.15) is 5.58 Å². The molecular weight excluding hydrogens is 200 g/mol. The second kappa shape index (κ2) is 3.56. The average molecular weight is 212 g/mol. The molecule has 80 valence electrons. The highest BCUT2D eigenvalue weighted by molar-refractivity contribution is 5.96. The maximum atomic E-state index is 5.59. The molecule has 1 aromatic heterocycles. The molecule has 0 unspecified atom stereocenters. The Morgan fingerprint density at radius 3 is 2.50 bits per heavy atom. The Bertz CT molecular complexity index is 585. The van der Waals surface area contributed by atoms with Crippen LogP contribution in [0.1, 0.15) is 6.92 Å². The highest BCUT2D eigenvalue weighted by Gasteiger charge is 2.05. The van der Waals surface area contributed by atoms with Gasteiger partial charge in [-0.3, -0.25) is 0 Å². The topological polar surface area (TPSA) is 22.4 Å². The minimum atomic E-state index is 0.591. The van der Waals surface area contributed by atoms with Gasteiger partial charge in [-0.2, -0.15) is 0 Å². The fourth-order valence-electron chi connectivity index (χ4n) is 1.92. The number of benzene rings is 2. The lowest BCUT2D eigenvalue weighted by Gasteiger charge is -1.96. The molecule has 0 saturated heterocycles. The van der Waals surface area contributed by atoms with E-state index in [4.69, 9.17) is 9.15 Å². The van der Waals surface area contributed by atoms with Gasteiger partial charge in [-0.25, -0.2) is 0 Å². The number of ether oxygens (including phenoxy) is 1. The lowest BCUT2D eigenvalue weighted by Crippen LogP contribution is -1.87. The Kier molecular flexibility index (Phi) is 2.07. The molecule has 2 aromatic carbocycles. The van der Waals surface area contributed by atoms with E-state index >= 15 is 0 Å². The summed E-state index contributed by atoms with van der Waals surface area (Å²) in [6, 6.07) is 14.4. The molecule has 0 bridgehead atoms. The number of rotatable bonds is 2. The zero-order valence-corrected chi connectivity index (χ0v) is 9.07. The van der Waals surface area contributed by atoms with E-state index in [0.717, 1.165) is 11.0 Å². The van der Waals surface area contributed by atoms with E-state index in [1.807, 2.05) is 31.2 Å². The van der Waals surface area contributed by atoms with Gasteiger partial charge >= 0.3 is 0 Å². The fourth-order valence-corrected chi connectivity index (χ4v) is 1.92. The van der Waals surface area contributed by atoms with E-state index in [-0.39, 0.29) is 0 Å². The van der Waals surface area contributed by atoms with Crippen LogP contribution >= 0.6 is 0 Å². The second-order valence-corrected chi connectivity index (χ2v) is 3.74. The van der Waals surface area contributed by atoms with Crippen LogP contribution in [0.5, 0.6) is 5.95 Å². The van der Waals surface area contributed by atoms with E-state index in [0.29, 0.717) is 12.6 Å². The smallest absolute Gasteiger partial charge is 0.285 e. The summed E-state index contributed by atoms with van der Waals surface area (Å²) < 4.78 is 10.9. The lowest BCUT2D eigenvalue weighted by molar-refractivity contribution is 0.265. The summed E-state index contributed by atoms with van der Waals surface area (Å²) in [5.41, 5.74) is 0.877. The quantitative estimate of drug-likeness (QED) is 0.641. The minimum absolute atomic E-state index is 0.591. The normalized spacial score (nSPS) is 11.1. The molecule has 0 N–H and O–H groups in total. The van der Waals surface area contributed by atoms with Crippen molar-refractivity contribution >= 4 is 21.7 Å². The summed E-state index contributed by atoms with van der Waals surface area (Å²) in [7, 11) is 0. The zero-order chi connectivity index (χ0) is 11.0. The highest BCUT2D eigenvalue weighted by atomic mass is 16.6. The van der Waals surface area contributed by atoms with Gasteiger partial charge in [0, 0.05) is 11.5 Å². The van der Waals surface area contributed by atoms with Gasteiger partial charge in [-0.05, 0) is 29.8 Å². The van der Waals surface area contributed by atoms with E-state index in [1.165, 1.54) is 10.8 Å². The molecule has 0 fully saturated rings. The van der Waals surface area contributed by atoms with Crippen molar-refractivity contribution in [2.24, 2.45) is 0 Å². The van der Waals surface area contributed by atoms with E-state index in [9.17, 15) is 0 Å². The number of fused-ring (bicyclic) bond motifs is 2. The predicted octanol–water partition coefficient (Wildman–Crippen LogP) is 3.98. The zero-order valence-electron chi connectivity index (χ0n) is 9.07. The Labute approximate surface area is 93.4 Å². The first-order valence-corrected chi connectivity index (χ1v) is 5.42. The molecule has 1 heterocycles.